The first-order valence-corrected chi connectivity index (χ1v) is 7.40. The van der Waals surface area contributed by atoms with Gasteiger partial charge < -0.3 is 4.74 Å². The maximum atomic E-state index is 5.66. The average Bonchev–Trinajstić information content (AvgIpc) is 2.31. The number of hydrogen-bond donors (Lipinski definition) is 0. The van der Waals surface area contributed by atoms with Crippen LogP contribution in [0.4, 0.5) is 0 Å². The normalized spacial score (nSPS) is 30.6. The molecule has 1 atom stereocenters. The largest absolute Gasteiger partial charge is 0.375 e. The minimum Gasteiger partial charge on any atom is -0.375 e. The molecule has 1 heterocycles. The first-order chi connectivity index (χ1) is 7.38. The molecule has 0 spiro atoms. The Hall–Kier alpha value is 0.400. The first-order valence-electron chi connectivity index (χ1n) is 6.28. The van der Waals surface area contributed by atoms with Gasteiger partial charge in [-0.1, -0.05) is 35.2 Å². The number of halogens is 1. The second kappa shape index (κ2) is 6.21. The third-order valence-corrected chi connectivity index (χ3v) is 4.36. The van der Waals surface area contributed by atoms with Crippen LogP contribution in [-0.2, 0) is 4.74 Å². The fourth-order valence-corrected chi connectivity index (χ4v) is 3.17. The molecule has 1 aliphatic heterocycles. The summed E-state index contributed by atoms with van der Waals surface area (Å²) in [5.41, 5.74) is 0. The lowest BCUT2D eigenvalue weighted by atomic mass is 9.89. The Labute approximate surface area is 101 Å². The lowest BCUT2D eigenvalue weighted by Crippen LogP contribution is -2.45. The van der Waals surface area contributed by atoms with Crippen LogP contribution in [0.15, 0.2) is 0 Å². The van der Waals surface area contributed by atoms with Crippen molar-refractivity contribution >= 4 is 15.9 Å². The van der Waals surface area contributed by atoms with E-state index in [1.807, 2.05) is 0 Å². The van der Waals surface area contributed by atoms with E-state index in [1.165, 1.54) is 38.6 Å². The Bertz CT molecular complexity index is 182. The molecule has 0 amide bonds. The smallest absolute Gasteiger partial charge is 0.0799 e. The van der Waals surface area contributed by atoms with Crippen LogP contribution < -0.4 is 0 Å². The third-order valence-electron chi connectivity index (χ3n) is 3.64. The summed E-state index contributed by atoms with van der Waals surface area (Å²) in [6, 6.07) is 0. The molecular formula is C12H22BrNO. The Morgan fingerprint density at radius 2 is 2.00 bits per heavy atom. The van der Waals surface area contributed by atoms with Gasteiger partial charge in [0.1, 0.15) is 0 Å². The van der Waals surface area contributed by atoms with Gasteiger partial charge in [0.25, 0.3) is 0 Å². The summed E-state index contributed by atoms with van der Waals surface area (Å²) in [6.07, 6.45) is 7.70. The molecule has 0 aromatic carbocycles. The van der Waals surface area contributed by atoms with E-state index in [0.717, 1.165) is 30.9 Å². The van der Waals surface area contributed by atoms with Crippen molar-refractivity contribution in [3.8, 4) is 0 Å². The number of ether oxygens (including phenoxy) is 1. The summed E-state index contributed by atoms with van der Waals surface area (Å²) in [5, 5.41) is 0.980. The predicted molar refractivity (Wildman–Crippen MR) is 66.5 cm³/mol. The lowest BCUT2D eigenvalue weighted by Gasteiger charge is -2.35. The van der Waals surface area contributed by atoms with Gasteiger partial charge in [0.2, 0.25) is 0 Å². The van der Waals surface area contributed by atoms with Crippen molar-refractivity contribution in [1.82, 2.24) is 4.90 Å². The molecule has 0 radical (unpaired) electrons. The van der Waals surface area contributed by atoms with Crippen molar-refractivity contribution in [2.24, 2.45) is 5.92 Å². The topological polar surface area (TPSA) is 12.5 Å². The molecule has 88 valence electrons. The highest BCUT2D eigenvalue weighted by Gasteiger charge is 2.22. The van der Waals surface area contributed by atoms with Gasteiger partial charge >= 0.3 is 0 Å². The molecule has 1 aliphatic carbocycles. The second-order valence-electron chi connectivity index (χ2n) is 4.91. The van der Waals surface area contributed by atoms with Gasteiger partial charge in [0.15, 0.2) is 0 Å². The zero-order valence-corrected chi connectivity index (χ0v) is 11.0. The van der Waals surface area contributed by atoms with E-state index in [-0.39, 0.29) is 0 Å². The molecule has 0 bridgehead atoms. The standard InChI is InChI=1S/C12H22BrNO/c13-8-12-10-14(6-7-15-12)9-11-4-2-1-3-5-11/h11-12H,1-10H2. The van der Waals surface area contributed by atoms with E-state index >= 15 is 0 Å². The molecule has 0 N–H and O–H groups in total. The van der Waals surface area contributed by atoms with Crippen LogP contribution in [0.2, 0.25) is 0 Å². The van der Waals surface area contributed by atoms with Gasteiger partial charge in [-0.2, -0.15) is 0 Å². The van der Waals surface area contributed by atoms with E-state index in [4.69, 9.17) is 4.74 Å². The highest BCUT2D eigenvalue weighted by Crippen LogP contribution is 2.25. The Balaban J connectivity index is 1.72. The summed E-state index contributed by atoms with van der Waals surface area (Å²) >= 11 is 3.51. The Morgan fingerprint density at radius 1 is 1.20 bits per heavy atom. The van der Waals surface area contributed by atoms with Crippen LogP contribution in [-0.4, -0.2) is 42.6 Å². The van der Waals surface area contributed by atoms with E-state index in [2.05, 4.69) is 20.8 Å². The van der Waals surface area contributed by atoms with Crippen molar-refractivity contribution in [3.63, 3.8) is 0 Å². The van der Waals surface area contributed by atoms with Gasteiger partial charge in [-0.25, -0.2) is 0 Å². The molecule has 1 saturated carbocycles. The van der Waals surface area contributed by atoms with Crippen LogP contribution in [0.25, 0.3) is 0 Å². The minimum absolute atomic E-state index is 0.419. The molecule has 0 aromatic rings. The summed E-state index contributed by atoms with van der Waals surface area (Å²) in [5.74, 6) is 0.966. The van der Waals surface area contributed by atoms with E-state index in [1.54, 1.807) is 0 Å². The van der Waals surface area contributed by atoms with Gasteiger partial charge in [-0.3, -0.25) is 4.90 Å². The van der Waals surface area contributed by atoms with Gasteiger partial charge in [-0.15, -0.1) is 0 Å². The van der Waals surface area contributed by atoms with Crippen LogP contribution in [0.1, 0.15) is 32.1 Å². The Morgan fingerprint density at radius 3 is 2.73 bits per heavy atom. The van der Waals surface area contributed by atoms with Crippen molar-refractivity contribution in [2.75, 3.05) is 31.6 Å². The average molecular weight is 276 g/mol. The summed E-state index contributed by atoms with van der Waals surface area (Å²) in [6.45, 7) is 4.50. The molecule has 3 heteroatoms. The molecule has 2 aliphatic rings. The van der Waals surface area contributed by atoms with Crippen LogP contribution in [0, 0.1) is 5.92 Å². The number of nitrogens with zero attached hydrogens (tertiary/aromatic N) is 1. The summed E-state index contributed by atoms with van der Waals surface area (Å²) in [4.78, 5) is 2.60. The molecule has 2 nitrogen and oxygen atoms in total. The quantitative estimate of drug-likeness (QED) is 0.735. The summed E-state index contributed by atoms with van der Waals surface area (Å²) < 4.78 is 5.66. The SMILES string of the molecule is BrCC1CN(CC2CCCCC2)CCO1. The molecule has 1 unspecified atom stereocenters. The van der Waals surface area contributed by atoms with Gasteiger partial charge in [0, 0.05) is 25.0 Å². The van der Waals surface area contributed by atoms with E-state index in [9.17, 15) is 0 Å². The minimum atomic E-state index is 0.419. The van der Waals surface area contributed by atoms with E-state index < -0.39 is 0 Å². The number of hydrogen-bond acceptors (Lipinski definition) is 2. The molecule has 0 aromatic heterocycles. The number of alkyl halides is 1. The van der Waals surface area contributed by atoms with Crippen molar-refractivity contribution in [3.05, 3.63) is 0 Å². The lowest BCUT2D eigenvalue weighted by molar-refractivity contribution is -0.0217. The van der Waals surface area contributed by atoms with Crippen LogP contribution in [0.5, 0.6) is 0 Å². The zero-order valence-electron chi connectivity index (χ0n) is 9.46. The maximum absolute atomic E-state index is 5.66. The van der Waals surface area contributed by atoms with Crippen molar-refractivity contribution in [1.29, 1.82) is 0 Å². The van der Waals surface area contributed by atoms with Crippen LogP contribution >= 0.6 is 15.9 Å². The highest BCUT2D eigenvalue weighted by atomic mass is 79.9. The first kappa shape index (κ1) is 11.9. The Kier molecular flexibility index (Phi) is 4.92. The number of morpholine rings is 1. The van der Waals surface area contributed by atoms with E-state index in [0.29, 0.717) is 6.10 Å². The van der Waals surface area contributed by atoms with Crippen LogP contribution in [0.3, 0.4) is 0 Å². The summed E-state index contributed by atoms with van der Waals surface area (Å²) in [7, 11) is 0. The molecule has 15 heavy (non-hydrogen) atoms. The van der Waals surface area contributed by atoms with Crippen molar-refractivity contribution in [2.45, 2.75) is 38.2 Å². The highest BCUT2D eigenvalue weighted by molar-refractivity contribution is 9.09. The molecule has 1 saturated heterocycles. The molecular weight excluding hydrogens is 254 g/mol. The van der Waals surface area contributed by atoms with Gasteiger partial charge in [-0.05, 0) is 18.8 Å². The van der Waals surface area contributed by atoms with Gasteiger partial charge in [0.05, 0.1) is 12.7 Å². The zero-order chi connectivity index (χ0) is 10.5. The second-order valence-corrected chi connectivity index (χ2v) is 5.56. The third kappa shape index (κ3) is 3.72. The monoisotopic (exact) mass is 275 g/mol. The molecule has 2 rings (SSSR count). The fourth-order valence-electron chi connectivity index (χ4n) is 2.77. The fraction of sp³-hybridized carbons (Fsp3) is 1.00. The molecule has 2 fully saturated rings. The number of rotatable bonds is 3. The predicted octanol–water partition coefficient (Wildman–Crippen LogP) is 2.66. The maximum Gasteiger partial charge on any atom is 0.0799 e. The van der Waals surface area contributed by atoms with Crippen molar-refractivity contribution < 1.29 is 4.74 Å².